The van der Waals surface area contributed by atoms with Crippen molar-refractivity contribution >= 4 is 17.5 Å². The van der Waals surface area contributed by atoms with Crippen molar-refractivity contribution in [3.63, 3.8) is 0 Å². The minimum Gasteiger partial charge on any atom is -0.480 e. The maximum Gasteiger partial charge on any atom is 0.165 e. The second-order valence-electron chi connectivity index (χ2n) is 5.89. The Balaban J connectivity index is 1.68. The maximum atomic E-state index is 12.3. The number of allylic oxidation sites excluding steroid dienone is 1. The molecule has 1 aromatic carbocycles. The molecule has 0 spiro atoms. The van der Waals surface area contributed by atoms with E-state index in [0.29, 0.717) is 18.1 Å². The van der Waals surface area contributed by atoms with Crippen molar-refractivity contribution in [2.24, 2.45) is 5.92 Å². The smallest absolute Gasteiger partial charge is 0.165 e. The number of rotatable bonds is 2. The van der Waals surface area contributed by atoms with Crippen molar-refractivity contribution in [2.45, 2.75) is 48.4 Å². The molecule has 0 aromatic heterocycles. The Morgan fingerprint density at radius 2 is 2.00 bits per heavy atom. The molecule has 0 unspecified atom stereocenters. The van der Waals surface area contributed by atoms with Gasteiger partial charge in [-0.15, -0.1) is 0 Å². The Morgan fingerprint density at radius 3 is 2.85 bits per heavy atom. The largest absolute Gasteiger partial charge is 0.480 e. The number of fused-ring (bicyclic) bond motifs is 2. The normalized spacial score (nSPS) is 32.0. The van der Waals surface area contributed by atoms with Crippen molar-refractivity contribution in [1.82, 2.24) is 0 Å². The lowest BCUT2D eigenvalue weighted by molar-refractivity contribution is -0.116. The molecule has 0 bridgehead atoms. The summed E-state index contributed by atoms with van der Waals surface area (Å²) in [4.78, 5) is 13.3. The second kappa shape index (κ2) is 4.66. The minimum absolute atomic E-state index is 0.202. The number of carbonyl (C=O) groups excluding carboxylic acids is 1. The molecule has 3 heteroatoms. The van der Waals surface area contributed by atoms with Gasteiger partial charge >= 0.3 is 0 Å². The topological polar surface area (TPSA) is 26.3 Å². The Kier molecular flexibility index (Phi) is 2.92. The lowest BCUT2D eigenvalue weighted by atomic mass is 9.87. The Morgan fingerprint density at radius 1 is 1.15 bits per heavy atom. The van der Waals surface area contributed by atoms with E-state index in [-0.39, 0.29) is 4.93 Å². The van der Waals surface area contributed by atoms with Gasteiger partial charge < -0.3 is 4.74 Å². The molecule has 1 aliphatic heterocycles. The van der Waals surface area contributed by atoms with Gasteiger partial charge in [0.25, 0.3) is 0 Å². The predicted molar refractivity (Wildman–Crippen MR) is 79.3 cm³/mol. The zero-order chi connectivity index (χ0) is 13.6. The molecule has 3 aliphatic rings. The van der Waals surface area contributed by atoms with E-state index in [4.69, 9.17) is 4.74 Å². The van der Waals surface area contributed by atoms with Crippen LogP contribution in [-0.2, 0) is 9.53 Å². The van der Waals surface area contributed by atoms with Gasteiger partial charge in [0.05, 0.1) is 0 Å². The summed E-state index contributed by atoms with van der Waals surface area (Å²) in [6.45, 7) is 0. The lowest BCUT2D eigenvalue weighted by Gasteiger charge is -2.29. The summed E-state index contributed by atoms with van der Waals surface area (Å²) in [7, 11) is 0. The van der Waals surface area contributed by atoms with Crippen molar-refractivity contribution in [2.75, 3.05) is 0 Å². The van der Waals surface area contributed by atoms with Crippen molar-refractivity contribution in [3.8, 4) is 0 Å². The van der Waals surface area contributed by atoms with E-state index < -0.39 is 0 Å². The summed E-state index contributed by atoms with van der Waals surface area (Å²) >= 11 is 1.82. The van der Waals surface area contributed by atoms with Gasteiger partial charge in [-0.2, -0.15) is 0 Å². The third kappa shape index (κ3) is 1.83. The highest BCUT2D eigenvalue weighted by atomic mass is 32.2. The molecular weight excluding hydrogens is 268 g/mol. The first-order chi connectivity index (χ1) is 9.78. The quantitative estimate of drug-likeness (QED) is 0.810. The number of Topliss-reactive ketones (excluding diaryl/α,β-unsaturated/α-hetero) is 1. The average Bonchev–Trinajstić information content (AvgIpc) is 2.95. The van der Waals surface area contributed by atoms with E-state index in [0.717, 1.165) is 43.4 Å². The molecule has 2 aliphatic carbocycles. The molecule has 2 nitrogen and oxygen atoms in total. The van der Waals surface area contributed by atoms with Crippen LogP contribution >= 0.6 is 11.8 Å². The molecule has 0 N–H and O–H groups in total. The molecule has 20 heavy (non-hydrogen) atoms. The molecule has 1 fully saturated rings. The van der Waals surface area contributed by atoms with Crippen LogP contribution in [0.2, 0.25) is 0 Å². The lowest BCUT2D eigenvalue weighted by Crippen LogP contribution is -2.29. The SMILES string of the molecule is O=C1CCCC2=C1[C@@H]1CCC[C@]1(Sc1ccccc1)O2. The highest BCUT2D eigenvalue weighted by Gasteiger charge is 2.55. The Labute approximate surface area is 123 Å². The molecular formula is C17H18O2S. The zero-order valence-corrected chi connectivity index (χ0v) is 12.2. The first-order valence-corrected chi connectivity index (χ1v) is 8.29. The maximum absolute atomic E-state index is 12.3. The van der Waals surface area contributed by atoms with Crippen LogP contribution in [0.15, 0.2) is 46.6 Å². The summed E-state index contributed by atoms with van der Waals surface area (Å²) in [5.41, 5.74) is 1.04. The average molecular weight is 286 g/mol. The van der Waals surface area contributed by atoms with Gasteiger partial charge in [-0.05, 0) is 37.8 Å². The van der Waals surface area contributed by atoms with Crippen LogP contribution in [-0.4, -0.2) is 10.7 Å². The van der Waals surface area contributed by atoms with Gasteiger partial charge in [0.2, 0.25) is 0 Å². The van der Waals surface area contributed by atoms with Gasteiger partial charge in [-0.1, -0.05) is 30.0 Å². The van der Waals surface area contributed by atoms with Crippen LogP contribution in [0.25, 0.3) is 0 Å². The molecule has 1 saturated carbocycles. The van der Waals surface area contributed by atoms with E-state index in [9.17, 15) is 4.79 Å². The van der Waals surface area contributed by atoms with Gasteiger partial charge in [0, 0.05) is 29.2 Å². The van der Waals surface area contributed by atoms with Crippen LogP contribution in [0.5, 0.6) is 0 Å². The van der Waals surface area contributed by atoms with E-state index in [2.05, 4.69) is 24.3 Å². The predicted octanol–water partition coefficient (Wildman–Crippen LogP) is 4.31. The monoisotopic (exact) mass is 286 g/mol. The third-order valence-electron chi connectivity index (χ3n) is 4.64. The summed E-state index contributed by atoms with van der Waals surface area (Å²) in [6, 6.07) is 10.4. The molecule has 0 amide bonds. The summed E-state index contributed by atoms with van der Waals surface area (Å²) in [6.07, 6.45) is 5.94. The van der Waals surface area contributed by atoms with Crippen molar-refractivity contribution in [3.05, 3.63) is 41.7 Å². The summed E-state index contributed by atoms with van der Waals surface area (Å²) < 4.78 is 6.37. The van der Waals surface area contributed by atoms with Crippen LogP contribution in [0, 0.1) is 5.92 Å². The number of hydrogen-bond donors (Lipinski definition) is 0. The van der Waals surface area contributed by atoms with Crippen LogP contribution in [0.4, 0.5) is 0 Å². The standard InChI is InChI=1S/C17H18O2S/c18-14-9-4-10-15-16(14)13-8-5-11-17(13,19-15)20-12-6-2-1-3-7-12/h1-3,6-7,13H,4-5,8-11H2/t13-,17+/m0/s1. The van der Waals surface area contributed by atoms with E-state index in [1.54, 1.807) is 0 Å². The number of hydrogen-bond acceptors (Lipinski definition) is 3. The number of thioether (sulfide) groups is 1. The van der Waals surface area contributed by atoms with Crippen LogP contribution in [0.3, 0.4) is 0 Å². The molecule has 1 heterocycles. The first-order valence-electron chi connectivity index (χ1n) is 7.48. The third-order valence-corrected chi connectivity index (χ3v) is 6.06. The van der Waals surface area contributed by atoms with Crippen LogP contribution in [0.1, 0.15) is 38.5 Å². The van der Waals surface area contributed by atoms with Gasteiger partial charge in [0.15, 0.2) is 10.7 Å². The Hall–Kier alpha value is -1.22. The zero-order valence-electron chi connectivity index (χ0n) is 11.4. The molecule has 0 radical (unpaired) electrons. The number of ketones is 1. The number of ether oxygens (including phenoxy) is 1. The van der Waals surface area contributed by atoms with Gasteiger partial charge in [-0.25, -0.2) is 0 Å². The molecule has 0 saturated heterocycles. The Bertz CT molecular complexity index is 578. The van der Waals surface area contributed by atoms with E-state index in [1.807, 2.05) is 17.8 Å². The molecule has 2 atom stereocenters. The van der Waals surface area contributed by atoms with Gasteiger partial charge in [0.1, 0.15) is 5.76 Å². The van der Waals surface area contributed by atoms with Crippen molar-refractivity contribution in [1.29, 1.82) is 0 Å². The van der Waals surface area contributed by atoms with Crippen molar-refractivity contribution < 1.29 is 9.53 Å². The fourth-order valence-corrected chi connectivity index (χ4v) is 5.26. The fraction of sp³-hybridized carbons (Fsp3) is 0.471. The highest BCUT2D eigenvalue weighted by Crippen LogP contribution is 2.59. The summed E-state index contributed by atoms with van der Waals surface area (Å²) in [5.74, 6) is 1.67. The number of carbonyl (C=O) groups is 1. The van der Waals surface area contributed by atoms with Crippen LogP contribution < -0.4 is 0 Å². The second-order valence-corrected chi connectivity index (χ2v) is 7.25. The minimum atomic E-state index is -0.202. The fourth-order valence-electron chi connectivity index (χ4n) is 3.80. The molecule has 4 rings (SSSR count). The molecule has 104 valence electrons. The number of benzene rings is 1. The highest BCUT2D eigenvalue weighted by molar-refractivity contribution is 8.00. The van der Waals surface area contributed by atoms with E-state index >= 15 is 0 Å². The van der Waals surface area contributed by atoms with E-state index in [1.165, 1.54) is 4.90 Å². The first kappa shape index (κ1) is 12.5. The van der Waals surface area contributed by atoms with Gasteiger partial charge in [-0.3, -0.25) is 4.79 Å². The summed E-state index contributed by atoms with van der Waals surface area (Å²) in [5, 5.41) is 0. The molecule has 1 aromatic rings.